The summed E-state index contributed by atoms with van der Waals surface area (Å²) in [6, 6.07) is 0.660. The molecule has 0 unspecified atom stereocenters. The van der Waals surface area contributed by atoms with E-state index >= 15 is 0 Å². The summed E-state index contributed by atoms with van der Waals surface area (Å²) >= 11 is 0. The number of aromatic amines is 1. The zero-order valence-corrected chi connectivity index (χ0v) is 10.5. The summed E-state index contributed by atoms with van der Waals surface area (Å²) in [7, 11) is 0. The van der Waals surface area contributed by atoms with Crippen molar-refractivity contribution in [1.82, 2.24) is 30.3 Å². The molecule has 1 aromatic heterocycles. The molecule has 2 N–H and O–H groups in total. The van der Waals surface area contributed by atoms with Crippen molar-refractivity contribution in [1.29, 1.82) is 0 Å². The second-order valence-electron chi connectivity index (χ2n) is 4.88. The Kier molecular flexibility index (Phi) is 3.00. The van der Waals surface area contributed by atoms with Crippen molar-refractivity contribution in [2.75, 3.05) is 39.3 Å². The van der Waals surface area contributed by atoms with Gasteiger partial charge in [-0.15, -0.1) is 5.10 Å². The van der Waals surface area contributed by atoms with Crippen LogP contribution in [0, 0.1) is 6.92 Å². The van der Waals surface area contributed by atoms with Gasteiger partial charge in [0.1, 0.15) is 5.82 Å². The molecule has 18 heavy (non-hydrogen) atoms. The molecule has 0 spiro atoms. The predicted octanol–water partition coefficient (Wildman–Crippen LogP) is -1.16. The maximum absolute atomic E-state index is 12.1. The van der Waals surface area contributed by atoms with Crippen LogP contribution < -0.4 is 5.32 Å². The molecule has 2 aliphatic heterocycles. The second kappa shape index (κ2) is 4.66. The van der Waals surface area contributed by atoms with Crippen molar-refractivity contribution in [3.8, 4) is 0 Å². The van der Waals surface area contributed by atoms with Gasteiger partial charge in [0, 0.05) is 45.3 Å². The fourth-order valence-corrected chi connectivity index (χ4v) is 2.40. The van der Waals surface area contributed by atoms with Gasteiger partial charge in [-0.3, -0.25) is 14.8 Å². The van der Waals surface area contributed by atoms with Crippen LogP contribution in [0.4, 0.5) is 0 Å². The van der Waals surface area contributed by atoms with E-state index in [1.807, 2.05) is 4.90 Å². The van der Waals surface area contributed by atoms with Gasteiger partial charge in [0.05, 0.1) is 0 Å². The van der Waals surface area contributed by atoms with Gasteiger partial charge in [-0.25, -0.2) is 4.98 Å². The van der Waals surface area contributed by atoms with Crippen LogP contribution in [-0.2, 0) is 0 Å². The lowest BCUT2D eigenvalue weighted by atomic mass is 10.1. The molecule has 3 rings (SSSR count). The lowest BCUT2D eigenvalue weighted by Gasteiger charge is -2.43. The van der Waals surface area contributed by atoms with E-state index in [0.29, 0.717) is 11.9 Å². The van der Waals surface area contributed by atoms with Crippen LogP contribution in [0.25, 0.3) is 0 Å². The number of carbonyl (C=O) groups is 1. The lowest BCUT2D eigenvalue weighted by molar-refractivity contribution is 0.0492. The number of amides is 1. The Morgan fingerprint density at radius 1 is 1.28 bits per heavy atom. The summed E-state index contributed by atoms with van der Waals surface area (Å²) in [4.78, 5) is 20.5. The second-order valence-corrected chi connectivity index (χ2v) is 4.88. The van der Waals surface area contributed by atoms with Crippen molar-refractivity contribution >= 4 is 5.91 Å². The lowest BCUT2D eigenvalue weighted by Crippen LogP contribution is -2.62. The molecule has 1 aromatic rings. The van der Waals surface area contributed by atoms with E-state index in [9.17, 15) is 4.79 Å². The predicted molar refractivity (Wildman–Crippen MR) is 65.3 cm³/mol. The SMILES string of the molecule is Cc1nc(C(=O)N2CCN(C3CNC3)CC2)n[nH]1. The van der Waals surface area contributed by atoms with Gasteiger partial charge < -0.3 is 10.2 Å². The molecule has 0 aromatic carbocycles. The van der Waals surface area contributed by atoms with Gasteiger partial charge in [-0.2, -0.15) is 0 Å². The highest BCUT2D eigenvalue weighted by Gasteiger charge is 2.30. The highest BCUT2D eigenvalue weighted by molar-refractivity contribution is 5.90. The minimum absolute atomic E-state index is 0.0641. The van der Waals surface area contributed by atoms with Gasteiger partial charge >= 0.3 is 0 Å². The molecular weight excluding hydrogens is 232 g/mol. The monoisotopic (exact) mass is 250 g/mol. The number of aromatic nitrogens is 3. The van der Waals surface area contributed by atoms with E-state index in [1.165, 1.54) is 0 Å². The van der Waals surface area contributed by atoms with Crippen LogP contribution in [0.2, 0.25) is 0 Å². The summed E-state index contributed by atoms with van der Waals surface area (Å²) in [5.41, 5.74) is 0. The third-order valence-corrected chi connectivity index (χ3v) is 3.67. The molecule has 2 saturated heterocycles. The third-order valence-electron chi connectivity index (χ3n) is 3.67. The molecule has 0 atom stereocenters. The maximum Gasteiger partial charge on any atom is 0.293 e. The van der Waals surface area contributed by atoms with Crippen LogP contribution in [0.3, 0.4) is 0 Å². The summed E-state index contributed by atoms with van der Waals surface area (Å²) < 4.78 is 0. The molecule has 7 heteroatoms. The number of nitrogens with one attached hydrogen (secondary N) is 2. The maximum atomic E-state index is 12.1. The molecule has 0 bridgehead atoms. The van der Waals surface area contributed by atoms with Crippen LogP contribution in [0.5, 0.6) is 0 Å². The first-order chi connectivity index (χ1) is 8.74. The molecule has 0 saturated carbocycles. The molecule has 1 amide bonds. The zero-order chi connectivity index (χ0) is 12.5. The number of hydrogen-bond acceptors (Lipinski definition) is 5. The van der Waals surface area contributed by atoms with Crippen molar-refractivity contribution in [3.05, 3.63) is 11.6 Å². The number of nitrogens with zero attached hydrogens (tertiary/aromatic N) is 4. The summed E-state index contributed by atoms with van der Waals surface area (Å²) in [5.74, 6) is 0.898. The van der Waals surface area contributed by atoms with Crippen LogP contribution in [-0.4, -0.2) is 76.2 Å². The van der Waals surface area contributed by atoms with Crippen LogP contribution >= 0.6 is 0 Å². The highest BCUT2D eigenvalue weighted by Crippen LogP contribution is 2.11. The van der Waals surface area contributed by atoms with E-state index in [4.69, 9.17) is 0 Å². The zero-order valence-electron chi connectivity index (χ0n) is 10.5. The first kappa shape index (κ1) is 11.6. The van der Waals surface area contributed by atoms with Gasteiger partial charge in [-0.05, 0) is 6.92 Å². The Morgan fingerprint density at radius 2 is 2.00 bits per heavy atom. The Bertz CT molecular complexity index is 432. The molecule has 3 heterocycles. The Hall–Kier alpha value is -1.47. The van der Waals surface area contributed by atoms with Gasteiger partial charge in [0.15, 0.2) is 0 Å². The van der Waals surface area contributed by atoms with Crippen LogP contribution in [0.1, 0.15) is 16.4 Å². The van der Waals surface area contributed by atoms with Gasteiger partial charge in [0.25, 0.3) is 5.91 Å². The molecular formula is C11H18N6O. The molecule has 2 aliphatic rings. The number of rotatable bonds is 2. The Labute approximate surface area is 106 Å². The van der Waals surface area contributed by atoms with E-state index < -0.39 is 0 Å². The number of H-pyrrole nitrogens is 1. The molecule has 0 aliphatic carbocycles. The normalized spacial score (nSPS) is 21.9. The number of carbonyl (C=O) groups excluding carboxylic acids is 1. The minimum atomic E-state index is -0.0641. The minimum Gasteiger partial charge on any atom is -0.333 e. The van der Waals surface area contributed by atoms with E-state index in [1.54, 1.807) is 6.92 Å². The first-order valence-electron chi connectivity index (χ1n) is 6.37. The summed E-state index contributed by atoms with van der Waals surface area (Å²) in [6.07, 6.45) is 0. The van der Waals surface area contributed by atoms with Crippen molar-refractivity contribution in [2.24, 2.45) is 0 Å². The number of hydrogen-bond donors (Lipinski definition) is 2. The van der Waals surface area contributed by atoms with Gasteiger partial charge in [-0.1, -0.05) is 0 Å². The van der Waals surface area contributed by atoms with Crippen molar-refractivity contribution < 1.29 is 4.79 Å². The number of aryl methyl sites for hydroxylation is 1. The molecule has 2 fully saturated rings. The molecule has 98 valence electrons. The fraction of sp³-hybridized carbons (Fsp3) is 0.727. The third kappa shape index (κ3) is 2.11. The Balaban J connectivity index is 1.57. The van der Waals surface area contributed by atoms with E-state index in [-0.39, 0.29) is 11.7 Å². The summed E-state index contributed by atoms with van der Waals surface area (Å²) in [6.45, 7) is 7.38. The first-order valence-corrected chi connectivity index (χ1v) is 6.37. The van der Waals surface area contributed by atoms with Crippen molar-refractivity contribution in [3.63, 3.8) is 0 Å². The highest BCUT2D eigenvalue weighted by atomic mass is 16.2. The van der Waals surface area contributed by atoms with Crippen molar-refractivity contribution in [2.45, 2.75) is 13.0 Å². The average molecular weight is 250 g/mol. The molecule has 7 nitrogen and oxygen atoms in total. The van der Waals surface area contributed by atoms with E-state index in [0.717, 1.165) is 39.3 Å². The largest absolute Gasteiger partial charge is 0.333 e. The fourth-order valence-electron chi connectivity index (χ4n) is 2.40. The number of piperazine rings is 1. The topological polar surface area (TPSA) is 77.2 Å². The smallest absolute Gasteiger partial charge is 0.293 e. The Morgan fingerprint density at radius 3 is 2.50 bits per heavy atom. The average Bonchev–Trinajstić information content (AvgIpc) is 2.74. The standard InChI is InChI=1S/C11H18N6O/c1-8-13-10(15-14-8)11(18)17-4-2-16(3-5-17)9-6-12-7-9/h9,12H,2-7H2,1H3,(H,13,14,15). The molecule has 0 radical (unpaired) electrons. The van der Waals surface area contributed by atoms with Crippen LogP contribution in [0.15, 0.2) is 0 Å². The quantitative estimate of drug-likeness (QED) is 0.692. The summed E-state index contributed by atoms with van der Waals surface area (Å²) in [5, 5.41) is 9.90. The van der Waals surface area contributed by atoms with Gasteiger partial charge in [0.2, 0.25) is 5.82 Å². The van der Waals surface area contributed by atoms with E-state index in [2.05, 4.69) is 25.4 Å².